The molecule has 1 saturated heterocycles. The average Bonchev–Trinajstić information content (AvgIpc) is 2.87. The third kappa shape index (κ3) is 5.83. The van der Waals surface area contributed by atoms with E-state index in [2.05, 4.69) is 50.2 Å². The summed E-state index contributed by atoms with van der Waals surface area (Å²) in [7, 11) is 0. The summed E-state index contributed by atoms with van der Waals surface area (Å²) in [5.41, 5.74) is 8.60. The van der Waals surface area contributed by atoms with Gasteiger partial charge < -0.3 is 16.0 Å². The van der Waals surface area contributed by atoms with Crippen molar-refractivity contribution in [1.29, 1.82) is 0 Å². The maximum Gasteiger partial charge on any atom is 0.257 e. The summed E-state index contributed by atoms with van der Waals surface area (Å²) < 4.78 is 13.4. The van der Waals surface area contributed by atoms with Gasteiger partial charge in [0.05, 0.1) is 41.4 Å². The fourth-order valence-corrected chi connectivity index (χ4v) is 4.08. The van der Waals surface area contributed by atoms with Crippen LogP contribution >= 0.6 is 0 Å². The fourth-order valence-electron chi connectivity index (χ4n) is 4.08. The Labute approximate surface area is 209 Å². The molecule has 1 fully saturated rings. The van der Waals surface area contributed by atoms with E-state index < -0.39 is 5.82 Å². The molecule has 0 spiro atoms. The van der Waals surface area contributed by atoms with E-state index in [0.717, 1.165) is 30.7 Å². The number of piperazine rings is 1. The zero-order valence-corrected chi connectivity index (χ0v) is 20.5. The first-order chi connectivity index (χ1) is 17.3. The second-order valence-corrected chi connectivity index (χ2v) is 8.82. The Kier molecular flexibility index (Phi) is 7.53. The lowest BCUT2D eigenvalue weighted by atomic mass is 10.1. The molecule has 2 atom stereocenters. The number of aryl methyl sites for hydroxylation is 1. The molecule has 1 amide bonds. The lowest BCUT2D eigenvalue weighted by molar-refractivity contribution is 0.0967. The van der Waals surface area contributed by atoms with Gasteiger partial charge in [0, 0.05) is 43.4 Å². The summed E-state index contributed by atoms with van der Waals surface area (Å²) in [5, 5.41) is 9.36. The fraction of sp³-hybridized carbons (Fsp3) is 0.269. The van der Waals surface area contributed by atoms with E-state index in [1.807, 2.05) is 24.2 Å². The Morgan fingerprint density at radius 2 is 1.89 bits per heavy atom. The number of aromatic nitrogens is 3. The minimum Gasteiger partial charge on any atom is -0.403 e. The van der Waals surface area contributed by atoms with Gasteiger partial charge >= 0.3 is 0 Å². The zero-order chi connectivity index (χ0) is 25.7. The van der Waals surface area contributed by atoms with Crippen molar-refractivity contribution in [3.05, 3.63) is 84.0 Å². The summed E-state index contributed by atoms with van der Waals surface area (Å²) in [6.45, 7) is 7.75. The molecule has 36 heavy (non-hydrogen) atoms. The number of nitrogens with one attached hydrogen (secondary N) is 1. The molecule has 1 aliphatic rings. The number of halogens is 1. The number of allylic oxidation sites excluding steroid dienone is 1. The SMILES string of the molecule is Cc1ccc(N2C[C@@H](C)N(/N=C\C(=C/N)NC(=O)c3ccc(-c4cncc(F)c4)nc3)[C@@H](C)C2)nc1. The molecule has 186 valence electrons. The van der Waals surface area contributed by atoms with Crippen LogP contribution in [0.2, 0.25) is 0 Å². The molecule has 9 nitrogen and oxygen atoms in total. The highest BCUT2D eigenvalue weighted by molar-refractivity contribution is 5.98. The second-order valence-electron chi connectivity index (χ2n) is 8.82. The van der Waals surface area contributed by atoms with Gasteiger partial charge in [-0.3, -0.25) is 19.8 Å². The van der Waals surface area contributed by atoms with Gasteiger partial charge in [0.25, 0.3) is 5.91 Å². The number of nitrogens with two attached hydrogens (primary N) is 1. The van der Waals surface area contributed by atoms with Crippen molar-refractivity contribution in [1.82, 2.24) is 25.3 Å². The smallest absolute Gasteiger partial charge is 0.257 e. The maximum absolute atomic E-state index is 13.4. The molecule has 3 aromatic rings. The van der Waals surface area contributed by atoms with Crippen LogP contribution in [0.15, 0.2) is 72.1 Å². The van der Waals surface area contributed by atoms with Crippen molar-refractivity contribution >= 4 is 17.9 Å². The summed E-state index contributed by atoms with van der Waals surface area (Å²) in [6, 6.07) is 8.92. The Balaban J connectivity index is 1.37. The van der Waals surface area contributed by atoms with E-state index in [1.165, 1.54) is 24.7 Å². The van der Waals surface area contributed by atoms with Gasteiger partial charge in [-0.15, -0.1) is 0 Å². The first-order valence-corrected chi connectivity index (χ1v) is 11.6. The molecule has 0 bridgehead atoms. The topological polar surface area (TPSA) is 113 Å². The first-order valence-electron chi connectivity index (χ1n) is 11.6. The Hall–Kier alpha value is -4.34. The summed E-state index contributed by atoms with van der Waals surface area (Å²) in [5.74, 6) is 0.113. The number of nitrogens with zero attached hydrogens (tertiary/aromatic N) is 6. The molecule has 4 heterocycles. The molecular weight excluding hydrogens is 459 g/mol. The van der Waals surface area contributed by atoms with Gasteiger partial charge in [0.1, 0.15) is 11.6 Å². The van der Waals surface area contributed by atoms with Crippen LogP contribution < -0.4 is 16.0 Å². The molecule has 0 radical (unpaired) electrons. The highest BCUT2D eigenvalue weighted by Gasteiger charge is 2.29. The minimum absolute atomic E-state index is 0.122. The normalized spacial score (nSPS) is 18.5. The van der Waals surface area contributed by atoms with E-state index in [9.17, 15) is 9.18 Å². The van der Waals surface area contributed by atoms with Crippen LogP contribution in [0.3, 0.4) is 0 Å². The lowest BCUT2D eigenvalue weighted by Gasteiger charge is -2.43. The Morgan fingerprint density at radius 3 is 2.50 bits per heavy atom. The van der Waals surface area contributed by atoms with E-state index in [1.54, 1.807) is 18.3 Å². The molecule has 0 aromatic carbocycles. The van der Waals surface area contributed by atoms with Crippen LogP contribution in [-0.2, 0) is 0 Å². The van der Waals surface area contributed by atoms with Gasteiger partial charge in [-0.1, -0.05) is 6.07 Å². The number of rotatable bonds is 6. The minimum atomic E-state index is -0.454. The van der Waals surface area contributed by atoms with Crippen molar-refractivity contribution in [2.75, 3.05) is 18.0 Å². The standard InChI is InChI=1S/C26H29FN8O/c1-17-4-7-25(31-10-17)34-15-18(2)35(19(3)16-34)32-14-23(9-28)33-26(36)20-5-6-24(30-12-20)21-8-22(27)13-29-11-21/h4-14,18-19H,15-16,28H2,1-3H3,(H,33,36)/b23-9+,32-14-/t18-,19+. The average molecular weight is 489 g/mol. The van der Waals surface area contributed by atoms with Crippen LogP contribution in [-0.4, -0.2) is 57.3 Å². The molecule has 4 rings (SSSR count). The number of hydrogen-bond donors (Lipinski definition) is 2. The van der Waals surface area contributed by atoms with E-state index in [0.29, 0.717) is 22.5 Å². The predicted molar refractivity (Wildman–Crippen MR) is 138 cm³/mol. The summed E-state index contributed by atoms with van der Waals surface area (Å²) >= 11 is 0. The number of carbonyl (C=O) groups is 1. The maximum atomic E-state index is 13.4. The van der Waals surface area contributed by atoms with E-state index >= 15 is 0 Å². The Bertz CT molecular complexity index is 1250. The first kappa shape index (κ1) is 24.8. The number of carbonyl (C=O) groups excluding carboxylic acids is 1. The van der Waals surface area contributed by atoms with Crippen LogP contribution in [0.25, 0.3) is 11.3 Å². The predicted octanol–water partition coefficient (Wildman–Crippen LogP) is 3.10. The van der Waals surface area contributed by atoms with Crippen molar-refractivity contribution in [2.24, 2.45) is 10.8 Å². The molecule has 0 saturated carbocycles. The van der Waals surface area contributed by atoms with Crippen molar-refractivity contribution < 1.29 is 9.18 Å². The van der Waals surface area contributed by atoms with Crippen molar-refractivity contribution in [2.45, 2.75) is 32.9 Å². The lowest BCUT2D eigenvalue weighted by Crippen LogP contribution is -2.54. The largest absolute Gasteiger partial charge is 0.403 e. The third-order valence-electron chi connectivity index (χ3n) is 5.89. The van der Waals surface area contributed by atoms with Crippen molar-refractivity contribution in [3.8, 4) is 11.3 Å². The van der Waals surface area contributed by atoms with Crippen LogP contribution in [0.5, 0.6) is 0 Å². The molecule has 0 aliphatic carbocycles. The number of pyridine rings is 3. The van der Waals surface area contributed by atoms with Crippen LogP contribution in [0, 0.1) is 12.7 Å². The van der Waals surface area contributed by atoms with Crippen molar-refractivity contribution in [3.63, 3.8) is 0 Å². The van der Waals surface area contributed by atoms with Gasteiger partial charge in [-0.25, -0.2) is 9.37 Å². The van der Waals surface area contributed by atoms with Crippen LogP contribution in [0.1, 0.15) is 29.8 Å². The van der Waals surface area contributed by atoms with Gasteiger partial charge in [-0.2, -0.15) is 5.10 Å². The number of amides is 1. The van der Waals surface area contributed by atoms with Crippen LogP contribution in [0.4, 0.5) is 10.2 Å². The molecular formula is C26H29FN8O. The number of hydrogen-bond acceptors (Lipinski definition) is 8. The molecule has 3 N–H and O–H groups in total. The zero-order valence-electron chi connectivity index (χ0n) is 20.5. The second kappa shape index (κ2) is 10.9. The number of anilines is 1. The molecule has 0 unspecified atom stereocenters. The van der Waals surface area contributed by atoms with Gasteiger partial charge in [0.15, 0.2) is 0 Å². The van der Waals surface area contributed by atoms with Gasteiger partial charge in [0.2, 0.25) is 0 Å². The van der Waals surface area contributed by atoms with E-state index in [-0.39, 0.29) is 18.0 Å². The van der Waals surface area contributed by atoms with Gasteiger partial charge in [-0.05, 0) is 50.6 Å². The monoisotopic (exact) mass is 488 g/mol. The summed E-state index contributed by atoms with van der Waals surface area (Å²) in [4.78, 5) is 27.6. The molecule has 10 heteroatoms. The highest BCUT2D eigenvalue weighted by atomic mass is 19.1. The molecule has 1 aliphatic heterocycles. The van der Waals surface area contributed by atoms with E-state index in [4.69, 9.17) is 5.73 Å². The molecule has 3 aromatic heterocycles. The highest BCUT2D eigenvalue weighted by Crippen LogP contribution is 2.21. The number of hydrazone groups is 1. The summed E-state index contributed by atoms with van der Waals surface area (Å²) in [6.07, 6.45) is 8.77. The quantitative estimate of drug-likeness (QED) is 0.513. The third-order valence-corrected chi connectivity index (χ3v) is 5.89. The Morgan fingerprint density at radius 1 is 1.11 bits per heavy atom.